The number of hydrogen-bond donors (Lipinski definition) is 0. The third kappa shape index (κ3) is 8.33. The Bertz CT molecular complexity index is 3260. The number of rotatable bonds is 8. The average molecular weight is 925 g/mol. The quantitative estimate of drug-likeness (QED) is 0.141. The molecule has 7 heteroatoms. The molecule has 71 heavy (non-hydrogen) atoms. The minimum Gasteiger partial charge on any atom is -0.310 e. The predicted molar refractivity (Wildman–Crippen MR) is 302 cm³/mol. The van der Waals surface area contributed by atoms with Gasteiger partial charge >= 0.3 is 0 Å². The van der Waals surface area contributed by atoms with E-state index < -0.39 is 0 Å². The van der Waals surface area contributed by atoms with Crippen LogP contribution in [0.1, 0.15) is 79.0 Å². The van der Waals surface area contributed by atoms with E-state index >= 15 is 0 Å². The highest BCUT2D eigenvalue weighted by atomic mass is 15.3. The molecule has 350 valence electrons. The Morgan fingerprint density at radius 3 is 1.23 bits per heavy atom. The van der Waals surface area contributed by atoms with E-state index in [1.807, 2.05) is 0 Å². The zero-order valence-electron chi connectivity index (χ0n) is 42.4. The summed E-state index contributed by atoms with van der Waals surface area (Å²) in [6.45, 7) is 20.3. The molecule has 0 fully saturated rings. The summed E-state index contributed by atoms with van der Waals surface area (Å²) in [5.74, 6) is 2.54. The van der Waals surface area contributed by atoms with Gasteiger partial charge in [-0.05, 0) is 147 Å². The SMILES string of the molecule is CC(C)(C)c1ccc(N(c2ccc(C(C)(C)C)cc2)c2ccc3c(n2)B2c4ccc(N(c5ccccc5)c5ccccc5)nc4N(c4ccccc4)c4cc(C(C)(C)C)cc(c42)N3c2ccccc2)cc1. The van der Waals surface area contributed by atoms with Crippen LogP contribution in [0, 0.1) is 0 Å². The van der Waals surface area contributed by atoms with Gasteiger partial charge in [0.1, 0.15) is 17.5 Å². The van der Waals surface area contributed by atoms with Crippen molar-refractivity contribution in [2.45, 2.75) is 78.6 Å². The van der Waals surface area contributed by atoms with Crippen molar-refractivity contribution in [2.24, 2.45) is 0 Å². The first-order valence-electron chi connectivity index (χ1n) is 25.0. The highest BCUT2D eigenvalue weighted by Crippen LogP contribution is 2.47. The fourth-order valence-corrected chi connectivity index (χ4v) is 10.3. The molecule has 2 aromatic heterocycles. The van der Waals surface area contributed by atoms with Gasteiger partial charge in [-0.2, -0.15) is 0 Å². The normalized spacial score (nSPS) is 13.1. The van der Waals surface area contributed by atoms with Gasteiger partial charge < -0.3 is 4.90 Å². The molecule has 0 spiro atoms. The summed E-state index contributed by atoms with van der Waals surface area (Å²) in [6, 6.07) is 74.6. The van der Waals surface area contributed by atoms with Crippen LogP contribution in [0.15, 0.2) is 206 Å². The third-order valence-electron chi connectivity index (χ3n) is 14.1. The molecular formula is C64H61BN6. The Morgan fingerprint density at radius 2 is 0.761 bits per heavy atom. The molecule has 0 N–H and O–H groups in total. The monoisotopic (exact) mass is 925 g/mol. The Kier molecular flexibility index (Phi) is 11.2. The molecule has 0 atom stereocenters. The summed E-state index contributed by atoms with van der Waals surface area (Å²) in [5, 5.41) is 0. The van der Waals surface area contributed by atoms with E-state index in [1.54, 1.807) is 0 Å². The zero-order chi connectivity index (χ0) is 49.2. The second-order valence-electron chi connectivity index (χ2n) is 22.0. The molecule has 6 nitrogen and oxygen atoms in total. The number of nitrogens with zero attached hydrogens (tertiary/aromatic N) is 6. The average Bonchev–Trinajstić information content (AvgIpc) is 3.37. The molecule has 0 saturated carbocycles. The maximum absolute atomic E-state index is 5.96. The van der Waals surface area contributed by atoms with Crippen molar-refractivity contribution in [2.75, 3.05) is 19.6 Å². The van der Waals surface area contributed by atoms with Crippen LogP contribution in [0.5, 0.6) is 0 Å². The summed E-state index contributed by atoms with van der Waals surface area (Å²) in [5.41, 5.74) is 16.5. The molecule has 9 aromatic rings. The summed E-state index contributed by atoms with van der Waals surface area (Å²) in [4.78, 5) is 21.2. The van der Waals surface area contributed by atoms with Gasteiger partial charge in [-0.25, -0.2) is 9.97 Å². The number of benzene rings is 7. The van der Waals surface area contributed by atoms with Gasteiger partial charge in [-0.15, -0.1) is 0 Å². The Labute approximate surface area is 421 Å². The Morgan fingerprint density at radius 1 is 0.366 bits per heavy atom. The lowest BCUT2D eigenvalue weighted by Gasteiger charge is -2.44. The standard InChI is InChI=1S/C64H61BN6/c1-62(2,3)44-30-34-51(35-31-44)69(52-36-32-45(33-37-52)63(4,5)6)57-41-39-54-60(66-57)65-53-38-40-58(68(47-22-14-10-15-23-47)48-24-16-11-17-25-48)67-61(53)71(50-28-20-13-21-29-50)56-43-46(64(7,8)9)42-55(59(56)65)70(54)49-26-18-12-19-27-49/h10-43H,1-9H3. The molecule has 0 aliphatic carbocycles. The number of para-hydroxylation sites is 4. The van der Waals surface area contributed by atoms with Crippen LogP contribution in [0.25, 0.3) is 0 Å². The van der Waals surface area contributed by atoms with Crippen LogP contribution in [-0.4, -0.2) is 16.7 Å². The maximum atomic E-state index is 5.96. The first-order valence-corrected chi connectivity index (χ1v) is 25.0. The molecule has 2 aliphatic rings. The maximum Gasteiger partial charge on any atom is 0.277 e. The van der Waals surface area contributed by atoms with Crippen LogP contribution < -0.4 is 36.1 Å². The van der Waals surface area contributed by atoms with Crippen molar-refractivity contribution in [1.29, 1.82) is 0 Å². The van der Waals surface area contributed by atoms with E-state index in [-0.39, 0.29) is 23.0 Å². The lowest BCUT2D eigenvalue weighted by molar-refractivity contribution is 0.590. The second-order valence-corrected chi connectivity index (χ2v) is 22.0. The number of anilines is 12. The Balaban J connectivity index is 1.20. The highest BCUT2D eigenvalue weighted by Gasteiger charge is 2.46. The van der Waals surface area contributed by atoms with Gasteiger partial charge in [0.25, 0.3) is 6.71 Å². The van der Waals surface area contributed by atoms with Gasteiger partial charge in [0.05, 0.1) is 5.69 Å². The van der Waals surface area contributed by atoms with Crippen molar-refractivity contribution in [1.82, 2.24) is 9.97 Å². The predicted octanol–water partition coefficient (Wildman–Crippen LogP) is 15.4. The van der Waals surface area contributed by atoms with Crippen LogP contribution >= 0.6 is 0 Å². The minimum absolute atomic E-state index is 0.00969. The number of aromatic nitrogens is 2. The molecule has 0 saturated heterocycles. The van der Waals surface area contributed by atoms with Gasteiger partial charge in [0.2, 0.25) is 0 Å². The van der Waals surface area contributed by atoms with E-state index in [4.69, 9.17) is 9.97 Å². The molecule has 4 heterocycles. The van der Waals surface area contributed by atoms with Crippen molar-refractivity contribution in [3.63, 3.8) is 0 Å². The van der Waals surface area contributed by atoms with Gasteiger partial charge in [-0.3, -0.25) is 14.7 Å². The fourth-order valence-electron chi connectivity index (χ4n) is 10.3. The fraction of sp³-hybridized carbons (Fsp3) is 0.188. The second kappa shape index (κ2) is 17.5. The van der Waals surface area contributed by atoms with Crippen LogP contribution in [0.4, 0.5) is 68.6 Å². The van der Waals surface area contributed by atoms with Crippen molar-refractivity contribution in [3.8, 4) is 0 Å². The van der Waals surface area contributed by atoms with Crippen molar-refractivity contribution in [3.05, 3.63) is 223 Å². The molecule has 0 amide bonds. The number of pyridine rings is 2. The van der Waals surface area contributed by atoms with Gasteiger partial charge in [0, 0.05) is 51.1 Å². The van der Waals surface area contributed by atoms with E-state index in [0.717, 1.165) is 79.7 Å². The lowest BCUT2D eigenvalue weighted by Crippen LogP contribution is -2.62. The largest absolute Gasteiger partial charge is 0.310 e. The molecule has 0 unspecified atom stereocenters. The molecule has 0 radical (unpaired) electrons. The first-order chi connectivity index (χ1) is 34.1. The molecule has 2 aliphatic heterocycles. The van der Waals surface area contributed by atoms with Gasteiger partial charge in [0.15, 0.2) is 0 Å². The van der Waals surface area contributed by atoms with E-state index in [0.29, 0.717) is 0 Å². The minimum atomic E-state index is -0.268. The third-order valence-corrected chi connectivity index (χ3v) is 14.1. The Hall–Kier alpha value is -7.90. The summed E-state index contributed by atoms with van der Waals surface area (Å²) < 4.78 is 0. The van der Waals surface area contributed by atoms with Crippen LogP contribution in [0.2, 0.25) is 0 Å². The first kappa shape index (κ1) is 45.5. The van der Waals surface area contributed by atoms with Crippen LogP contribution in [-0.2, 0) is 16.2 Å². The molecule has 11 rings (SSSR count). The number of fused-ring (bicyclic) bond motifs is 4. The van der Waals surface area contributed by atoms with Crippen molar-refractivity contribution < 1.29 is 0 Å². The smallest absolute Gasteiger partial charge is 0.277 e. The summed E-state index contributed by atoms with van der Waals surface area (Å²) in [7, 11) is 0. The topological polar surface area (TPSA) is 38.7 Å². The summed E-state index contributed by atoms with van der Waals surface area (Å²) >= 11 is 0. The molecule has 7 aromatic carbocycles. The zero-order valence-corrected chi connectivity index (χ0v) is 42.4. The molecular weight excluding hydrogens is 864 g/mol. The highest BCUT2D eigenvalue weighted by molar-refractivity contribution is 6.99. The van der Waals surface area contributed by atoms with E-state index in [9.17, 15) is 0 Å². The van der Waals surface area contributed by atoms with Crippen LogP contribution in [0.3, 0.4) is 0 Å². The van der Waals surface area contributed by atoms with Crippen molar-refractivity contribution >= 4 is 91.9 Å². The summed E-state index contributed by atoms with van der Waals surface area (Å²) in [6.07, 6.45) is 0. The number of hydrogen-bond acceptors (Lipinski definition) is 6. The molecule has 0 bridgehead atoms. The van der Waals surface area contributed by atoms with Gasteiger partial charge in [-0.1, -0.05) is 165 Å². The lowest BCUT2D eigenvalue weighted by atomic mass is 9.35. The van der Waals surface area contributed by atoms with E-state index in [2.05, 4.69) is 288 Å². The van der Waals surface area contributed by atoms with E-state index in [1.165, 1.54) is 22.2 Å².